The molecule has 0 bridgehead atoms. The molecule has 0 aliphatic heterocycles. The highest BCUT2D eigenvalue weighted by molar-refractivity contribution is 5.94. The van der Waals surface area contributed by atoms with Gasteiger partial charge in [-0.3, -0.25) is 15.0 Å². The number of benzene rings is 1. The molecule has 5 heteroatoms. The summed E-state index contributed by atoms with van der Waals surface area (Å²) in [7, 11) is 0. The number of amides is 2. The van der Waals surface area contributed by atoms with E-state index in [-0.39, 0.29) is 5.91 Å². The van der Waals surface area contributed by atoms with Crippen molar-refractivity contribution in [3.05, 3.63) is 29.8 Å². The highest BCUT2D eigenvalue weighted by Gasteiger charge is 2.01. The van der Waals surface area contributed by atoms with Gasteiger partial charge in [0.1, 0.15) is 0 Å². The van der Waals surface area contributed by atoms with Gasteiger partial charge in [-0.25, -0.2) is 5.84 Å². The quantitative estimate of drug-likeness (QED) is 0.261. The van der Waals surface area contributed by atoms with Crippen molar-refractivity contribution in [1.82, 2.24) is 5.43 Å². The van der Waals surface area contributed by atoms with Gasteiger partial charge in [-0.05, 0) is 24.3 Å². The van der Waals surface area contributed by atoms with Crippen molar-refractivity contribution in [2.45, 2.75) is 0 Å². The maximum absolute atomic E-state index is 11.0. The molecule has 13 heavy (non-hydrogen) atoms. The van der Waals surface area contributed by atoms with E-state index in [0.717, 1.165) is 0 Å². The van der Waals surface area contributed by atoms with Crippen molar-refractivity contribution in [2.24, 2.45) is 5.84 Å². The summed E-state index contributed by atoms with van der Waals surface area (Å²) >= 11 is 0. The second-order valence-corrected chi connectivity index (χ2v) is 2.31. The van der Waals surface area contributed by atoms with Crippen LogP contribution in [0, 0.1) is 0 Å². The van der Waals surface area contributed by atoms with Gasteiger partial charge < -0.3 is 5.32 Å². The van der Waals surface area contributed by atoms with Crippen LogP contribution in [0.1, 0.15) is 10.4 Å². The largest absolute Gasteiger partial charge is 0.329 e. The third-order valence-corrected chi connectivity index (χ3v) is 1.50. The standard InChI is InChI=1S/C8H9N3O2/c9-11-8(13)6-1-3-7(4-2-6)10-5-12/h1-5H,9H2,(H,10,12)(H,11,13). The fraction of sp³-hybridized carbons (Fsp3) is 0. The van der Waals surface area contributed by atoms with Gasteiger partial charge in [0.15, 0.2) is 0 Å². The fourth-order valence-corrected chi connectivity index (χ4v) is 0.869. The average Bonchev–Trinajstić information content (AvgIpc) is 2.18. The molecule has 0 saturated carbocycles. The number of nitrogens with one attached hydrogen (secondary N) is 2. The minimum absolute atomic E-state index is 0.363. The fourth-order valence-electron chi connectivity index (χ4n) is 0.869. The number of nitrogens with two attached hydrogens (primary N) is 1. The number of hydrogen-bond acceptors (Lipinski definition) is 3. The third-order valence-electron chi connectivity index (χ3n) is 1.50. The first-order valence-electron chi connectivity index (χ1n) is 3.59. The maximum Gasteiger partial charge on any atom is 0.265 e. The molecule has 1 aromatic rings. The summed E-state index contributed by atoms with van der Waals surface area (Å²) in [6, 6.07) is 6.35. The summed E-state index contributed by atoms with van der Waals surface area (Å²) in [4.78, 5) is 21.0. The minimum atomic E-state index is -0.363. The zero-order chi connectivity index (χ0) is 9.68. The Morgan fingerprint density at radius 1 is 1.31 bits per heavy atom. The molecule has 0 saturated heterocycles. The van der Waals surface area contributed by atoms with E-state index >= 15 is 0 Å². The van der Waals surface area contributed by atoms with Gasteiger partial charge in [0.25, 0.3) is 5.91 Å². The second-order valence-electron chi connectivity index (χ2n) is 2.31. The predicted molar refractivity (Wildman–Crippen MR) is 47.8 cm³/mol. The van der Waals surface area contributed by atoms with Crippen molar-refractivity contribution in [3.63, 3.8) is 0 Å². The van der Waals surface area contributed by atoms with Crippen LogP contribution in [0.3, 0.4) is 0 Å². The minimum Gasteiger partial charge on any atom is -0.329 e. The molecule has 0 spiro atoms. The number of carbonyl (C=O) groups is 2. The molecule has 0 aliphatic rings. The zero-order valence-electron chi connectivity index (χ0n) is 6.78. The van der Waals surface area contributed by atoms with Crippen LogP contribution in [0.2, 0.25) is 0 Å². The predicted octanol–water partition coefficient (Wildman–Crippen LogP) is -0.142. The van der Waals surface area contributed by atoms with Gasteiger partial charge >= 0.3 is 0 Å². The number of rotatable bonds is 3. The molecule has 0 unspecified atom stereocenters. The molecule has 2 amide bonds. The Bertz CT molecular complexity index is 308. The van der Waals surface area contributed by atoms with Gasteiger partial charge in [0, 0.05) is 11.3 Å². The van der Waals surface area contributed by atoms with Crippen LogP contribution in [-0.2, 0) is 4.79 Å². The first-order valence-corrected chi connectivity index (χ1v) is 3.59. The van der Waals surface area contributed by atoms with Crippen LogP contribution < -0.4 is 16.6 Å². The van der Waals surface area contributed by atoms with Crippen LogP contribution >= 0.6 is 0 Å². The number of carbonyl (C=O) groups excluding carboxylic acids is 2. The van der Waals surface area contributed by atoms with Gasteiger partial charge in [-0.15, -0.1) is 0 Å². The number of anilines is 1. The SMILES string of the molecule is NNC(=O)c1ccc(NC=O)cc1. The van der Waals surface area contributed by atoms with Crippen LogP contribution in [0.15, 0.2) is 24.3 Å². The van der Waals surface area contributed by atoms with Gasteiger partial charge in [-0.1, -0.05) is 0 Å². The number of hydrogen-bond donors (Lipinski definition) is 3. The molecule has 5 nitrogen and oxygen atoms in total. The third kappa shape index (κ3) is 2.28. The van der Waals surface area contributed by atoms with Gasteiger partial charge in [0.05, 0.1) is 0 Å². The summed E-state index contributed by atoms with van der Waals surface area (Å²) in [5, 5.41) is 2.45. The van der Waals surface area contributed by atoms with Gasteiger partial charge in [0.2, 0.25) is 6.41 Å². The smallest absolute Gasteiger partial charge is 0.265 e. The van der Waals surface area contributed by atoms with E-state index in [0.29, 0.717) is 17.7 Å². The van der Waals surface area contributed by atoms with E-state index < -0.39 is 0 Å². The molecule has 1 aromatic carbocycles. The molecule has 0 radical (unpaired) electrons. The highest BCUT2D eigenvalue weighted by Crippen LogP contribution is 2.07. The number of hydrazine groups is 1. The summed E-state index contributed by atoms with van der Waals surface area (Å²) in [5.41, 5.74) is 3.08. The van der Waals surface area contributed by atoms with E-state index in [4.69, 9.17) is 5.84 Å². The molecule has 1 rings (SSSR count). The molecular weight excluding hydrogens is 170 g/mol. The van der Waals surface area contributed by atoms with Crippen LogP contribution in [-0.4, -0.2) is 12.3 Å². The van der Waals surface area contributed by atoms with Crippen LogP contribution in [0.4, 0.5) is 5.69 Å². The van der Waals surface area contributed by atoms with Crippen molar-refractivity contribution < 1.29 is 9.59 Å². The monoisotopic (exact) mass is 179 g/mol. The molecule has 0 aromatic heterocycles. The Morgan fingerprint density at radius 2 is 1.92 bits per heavy atom. The van der Waals surface area contributed by atoms with Crippen LogP contribution in [0.25, 0.3) is 0 Å². The van der Waals surface area contributed by atoms with Crippen molar-refractivity contribution >= 4 is 18.0 Å². The lowest BCUT2D eigenvalue weighted by Gasteiger charge is -2.00. The molecule has 0 heterocycles. The second kappa shape index (κ2) is 4.22. The molecule has 4 N–H and O–H groups in total. The molecular formula is C8H9N3O2. The summed E-state index contributed by atoms with van der Waals surface area (Å²) in [6.07, 6.45) is 0.567. The Labute approximate surface area is 74.9 Å². The molecule has 0 aliphatic carbocycles. The lowest BCUT2D eigenvalue weighted by Crippen LogP contribution is -2.29. The summed E-state index contributed by atoms with van der Waals surface area (Å²) < 4.78 is 0. The zero-order valence-corrected chi connectivity index (χ0v) is 6.78. The first-order chi connectivity index (χ1) is 6.27. The van der Waals surface area contributed by atoms with Gasteiger partial charge in [-0.2, -0.15) is 0 Å². The Morgan fingerprint density at radius 3 is 2.38 bits per heavy atom. The molecule has 0 atom stereocenters. The van der Waals surface area contributed by atoms with Crippen molar-refractivity contribution in [1.29, 1.82) is 0 Å². The average molecular weight is 179 g/mol. The Hall–Kier alpha value is -1.88. The Balaban J connectivity index is 2.80. The van der Waals surface area contributed by atoms with E-state index in [1.54, 1.807) is 24.3 Å². The van der Waals surface area contributed by atoms with Crippen LogP contribution in [0.5, 0.6) is 0 Å². The highest BCUT2D eigenvalue weighted by atomic mass is 16.2. The summed E-state index contributed by atoms with van der Waals surface area (Å²) in [6.45, 7) is 0. The Kier molecular flexibility index (Phi) is 2.99. The van der Waals surface area contributed by atoms with E-state index in [2.05, 4.69) is 5.32 Å². The molecule has 0 fully saturated rings. The van der Waals surface area contributed by atoms with E-state index in [1.165, 1.54) is 0 Å². The molecule has 68 valence electrons. The van der Waals surface area contributed by atoms with Crippen molar-refractivity contribution in [3.8, 4) is 0 Å². The lowest BCUT2D eigenvalue weighted by atomic mass is 10.2. The normalized spacial score (nSPS) is 9.00. The number of nitrogen functional groups attached to an aromatic ring is 1. The topological polar surface area (TPSA) is 84.2 Å². The van der Waals surface area contributed by atoms with E-state index in [9.17, 15) is 9.59 Å². The first kappa shape index (κ1) is 9.21. The summed E-state index contributed by atoms with van der Waals surface area (Å²) in [5.74, 6) is 4.57. The lowest BCUT2D eigenvalue weighted by molar-refractivity contribution is -0.105. The van der Waals surface area contributed by atoms with E-state index in [1.807, 2.05) is 5.43 Å². The van der Waals surface area contributed by atoms with Crippen molar-refractivity contribution in [2.75, 3.05) is 5.32 Å². The maximum atomic E-state index is 11.0.